The lowest BCUT2D eigenvalue weighted by Crippen LogP contribution is -2.30. The molecule has 0 amide bonds. The Hall–Kier alpha value is -0.950. The number of sulfonamides is 1. The summed E-state index contributed by atoms with van der Waals surface area (Å²) in [6.45, 7) is 4.82. The van der Waals surface area contributed by atoms with Crippen LogP contribution in [0.2, 0.25) is 0 Å². The van der Waals surface area contributed by atoms with Gasteiger partial charge < -0.3 is 10.1 Å². The Balaban J connectivity index is 2.03. The van der Waals surface area contributed by atoms with E-state index in [-0.39, 0.29) is 6.10 Å². The average molecular weight is 312 g/mol. The zero-order valence-electron chi connectivity index (χ0n) is 12.7. The van der Waals surface area contributed by atoms with Crippen LogP contribution in [0.4, 0.5) is 0 Å². The van der Waals surface area contributed by atoms with Crippen molar-refractivity contribution in [1.82, 2.24) is 9.62 Å². The summed E-state index contributed by atoms with van der Waals surface area (Å²) in [5.41, 5.74) is 1.10. The third-order valence-electron chi connectivity index (χ3n) is 3.76. The van der Waals surface area contributed by atoms with Crippen LogP contribution in [0.3, 0.4) is 0 Å². The molecule has 0 bridgehead atoms. The lowest BCUT2D eigenvalue weighted by molar-refractivity contribution is 0.115. The molecule has 1 aliphatic heterocycles. The second-order valence-corrected chi connectivity index (χ2v) is 7.27. The molecule has 0 saturated carbocycles. The van der Waals surface area contributed by atoms with Crippen LogP contribution in [0.25, 0.3) is 0 Å². The number of rotatable bonds is 7. The van der Waals surface area contributed by atoms with Crippen LogP contribution >= 0.6 is 0 Å². The van der Waals surface area contributed by atoms with Crippen LogP contribution in [-0.2, 0) is 21.3 Å². The summed E-state index contributed by atoms with van der Waals surface area (Å²) in [5.74, 6) is 0. The second-order valence-electron chi connectivity index (χ2n) is 5.33. The molecule has 1 saturated heterocycles. The van der Waals surface area contributed by atoms with Gasteiger partial charge in [0.2, 0.25) is 10.0 Å². The number of methoxy groups -OCH3 is 1. The van der Waals surface area contributed by atoms with E-state index in [1.807, 2.05) is 12.1 Å². The maximum atomic E-state index is 12.5. The molecular weight excluding hydrogens is 288 g/mol. The van der Waals surface area contributed by atoms with E-state index in [1.165, 1.54) is 4.31 Å². The fourth-order valence-electron chi connectivity index (χ4n) is 2.45. The van der Waals surface area contributed by atoms with Gasteiger partial charge >= 0.3 is 0 Å². The highest BCUT2D eigenvalue weighted by atomic mass is 32.2. The summed E-state index contributed by atoms with van der Waals surface area (Å²) in [7, 11) is -1.77. The Kier molecular flexibility index (Phi) is 5.75. The normalized spacial score (nSPS) is 20.0. The molecule has 1 N–H and O–H groups in total. The van der Waals surface area contributed by atoms with Gasteiger partial charge in [0.05, 0.1) is 11.0 Å². The Morgan fingerprint density at radius 3 is 2.62 bits per heavy atom. The third kappa shape index (κ3) is 4.03. The van der Waals surface area contributed by atoms with E-state index in [4.69, 9.17) is 4.74 Å². The molecule has 21 heavy (non-hydrogen) atoms. The maximum Gasteiger partial charge on any atom is 0.243 e. The predicted octanol–water partition coefficient (Wildman–Crippen LogP) is 1.60. The van der Waals surface area contributed by atoms with Crippen LogP contribution in [-0.4, -0.2) is 45.6 Å². The first kappa shape index (κ1) is 16.4. The van der Waals surface area contributed by atoms with Crippen LogP contribution in [0.15, 0.2) is 29.2 Å². The average Bonchev–Trinajstić information content (AvgIpc) is 2.98. The molecule has 5 nitrogen and oxygen atoms in total. The highest BCUT2D eigenvalue weighted by molar-refractivity contribution is 7.89. The molecule has 1 atom stereocenters. The summed E-state index contributed by atoms with van der Waals surface area (Å²) < 4.78 is 31.8. The van der Waals surface area contributed by atoms with Crippen LogP contribution in [0.5, 0.6) is 0 Å². The van der Waals surface area contributed by atoms with Crippen molar-refractivity contribution < 1.29 is 13.2 Å². The first-order valence-corrected chi connectivity index (χ1v) is 8.84. The van der Waals surface area contributed by atoms with Gasteiger partial charge in [0.1, 0.15) is 0 Å². The van der Waals surface area contributed by atoms with Crippen LogP contribution in [0, 0.1) is 0 Å². The molecule has 1 heterocycles. The van der Waals surface area contributed by atoms with Crippen LogP contribution in [0.1, 0.15) is 25.3 Å². The lowest BCUT2D eigenvalue weighted by Gasteiger charge is -2.16. The molecule has 1 aromatic rings. The summed E-state index contributed by atoms with van der Waals surface area (Å²) in [4.78, 5) is 0.360. The minimum absolute atomic E-state index is 0.0114. The Morgan fingerprint density at radius 2 is 2.05 bits per heavy atom. The minimum atomic E-state index is -3.39. The Labute approximate surface area is 127 Å². The highest BCUT2D eigenvalue weighted by Gasteiger charge is 2.32. The predicted molar refractivity (Wildman–Crippen MR) is 82.6 cm³/mol. The summed E-state index contributed by atoms with van der Waals surface area (Å²) in [6, 6.07) is 7.13. The molecular formula is C15H24N2O3S. The van der Waals surface area contributed by atoms with Crippen molar-refractivity contribution in [3.8, 4) is 0 Å². The van der Waals surface area contributed by atoms with Gasteiger partial charge in [-0.05, 0) is 37.1 Å². The summed E-state index contributed by atoms with van der Waals surface area (Å²) in [6.07, 6.45) is 1.86. The molecule has 0 spiro atoms. The molecule has 1 aliphatic rings. The molecule has 2 rings (SSSR count). The van der Waals surface area contributed by atoms with Crippen molar-refractivity contribution in [3.63, 3.8) is 0 Å². The number of hydrogen-bond acceptors (Lipinski definition) is 4. The van der Waals surface area contributed by atoms with Crippen molar-refractivity contribution in [2.75, 3.05) is 26.7 Å². The van der Waals surface area contributed by atoms with Crippen molar-refractivity contribution in [2.24, 2.45) is 0 Å². The first-order valence-electron chi connectivity index (χ1n) is 7.40. The van der Waals surface area contributed by atoms with Gasteiger partial charge in [0.25, 0.3) is 0 Å². The number of hydrogen-bond donors (Lipinski definition) is 1. The first-order chi connectivity index (χ1) is 10.1. The zero-order chi connectivity index (χ0) is 15.3. The number of nitrogens with zero attached hydrogens (tertiary/aromatic N) is 1. The smallest absolute Gasteiger partial charge is 0.243 e. The van der Waals surface area contributed by atoms with E-state index < -0.39 is 10.0 Å². The largest absolute Gasteiger partial charge is 0.380 e. The van der Waals surface area contributed by atoms with E-state index in [2.05, 4.69) is 12.2 Å². The monoisotopic (exact) mass is 312 g/mol. The zero-order valence-corrected chi connectivity index (χ0v) is 13.5. The second kappa shape index (κ2) is 7.35. The van der Waals surface area contributed by atoms with E-state index in [1.54, 1.807) is 19.2 Å². The lowest BCUT2D eigenvalue weighted by atomic mass is 10.2. The molecule has 1 unspecified atom stereocenters. The van der Waals surface area contributed by atoms with Crippen LogP contribution < -0.4 is 5.32 Å². The summed E-state index contributed by atoms with van der Waals surface area (Å²) in [5, 5.41) is 3.30. The third-order valence-corrected chi connectivity index (χ3v) is 5.64. The highest BCUT2D eigenvalue weighted by Crippen LogP contribution is 2.22. The molecule has 0 aromatic heterocycles. The minimum Gasteiger partial charge on any atom is -0.380 e. The molecule has 6 heteroatoms. The van der Waals surface area contributed by atoms with Gasteiger partial charge in [-0.25, -0.2) is 8.42 Å². The van der Waals surface area contributed by atoms with Gasteiger partial charge in [-0.2, -0.15) is 4.31 Å². The van der Waals surface area contributed by atoms with E-state index in [0.29, 0.717) is 18.0 Å². The fourth-order valence-corrected chi connectivity index (χ4v) is 3.93. The van der Waals surface area contributed by atoms with Gasteiger partial charge in [-0.15, -0.1) is 0 Å². The van der Waals surface area contributed by atoms with Gasteiger partial charge in [-0.1, -0.05) is 19.1 Å². The molecule has 0 radical (unpaired) electrons. The number of benzene rings is 1. The van der Waals surface area contributed by atoms with Crippen molar-refractivity contribution >= 4 is 10.0 Å². The number of nitrogens with one attached hydrogen (secondary N) is 1. The van der Waals surface area contributed by atoms with Crippen molar-refractivity contribution in [2.45, 2.75) is 37.3 Å². The van der Waals surface area contributed by atoms with Gasteiger partial charge in [0, 0.05) is 26.7 Å². The van der Waals surface area contributed by atoms with E-state index in [0.717, 1.165) is 31.5 Å². The fraction of sp³-hybridized carbons (Fsp3) is 0.600. The Bertz CT molecular complexity index is 543. The van der Waals surface area contributed by atoms with E-state index in [9.17, 15) is 8.42 Å². The Morgan fingerprint density at radius 1 is 1.33 bits per heavy atom. The molecule has 118 valence electrons. The maximum absolute atomic E-state index is 12.5. The number of ether oxygens (including phenoxy) is 1. The van der Waals surface area contributed by atoms with Crippen molar-refractivity contribution in [1.29, 1.82) is 0 Å². The topological polar surface area (TPSA) is 58.6 Å². The standard InChI is InChI=1S/C15H24N2O3S/c1-3-9-16-11-13-4-6-15(7-5-13)21(18,19)17-10-8-14(12-17)20-2/h4-7,14,16H,3,8-12H2,1-2H3. The van der Waals surface area contributed by atoms with Gasteiger partial charge in [0.15, 0.2) is 0 Å². The molecule has 1 fully saturated rings. The molecule has 0 aliphatic carbocycles. The quantitative estimate of drug-likeness (QED) is 0.777. The van der Waals surface area contributed by atoms with Gasteiger partial charge in [-0.3, -0.25) is 0 Å². The summed E-state index contributed by atoms with van der Waals surface area (Å²) >= 11 is 0. The van der Waals surface area contributed by atoms with Crippen molar-refractivity contribution in [3.05, 3.63) is 29.8 Å². The SMILES string of the molecule is CCCNCc1ccc(S(=O)(=O)N2CCC(OC)C2)cc1. The molecule has 1 aromatic carbocycles. The van der Waals surface area contributed by atoms with E-state index >= 15 is 0 Å².